The Morgan fingerprint density at radius 2 is 1.70 bits per heavy atom. The molecule has 2 aromatic heterocycles. The molecule has 2 aromatic rings. The number of sulfonamides is 1. The minimum Gasteiger partial charge on any atom is -0.384 e. The maximum Gasteiger partial charge on any atom is 0.249 e. The number of nitrogen functional groups attached to an aromatic ring is 1. The highest BCUT2D eigenvalue weighted by atomic mass is 32.2. The predicted octanol–water partition coefficient (Wildman–Crippen LogP) is 2.32. The van der Waals surface area contributed by atoms with Gasteiger partial charge in [-0.05, 0) is 26.7 Å². The van der Waals surface area contributed by atoms with Crippen LogP contribution in [0.1, 0.15) is 52.0 Å². The third-order valence-corrected chi connectivity index (χ3v) is 7.43. The van der Waals surface area contributed by atoms with Crippen LogP contribution in [0, 0.1) is 0 Å². The summed E-state index contributed by atoms with van der Waals surface area (Å²) in [4.78, 5) is 8.89. The number of rotatable bonds is 3. The number of hydrogen-bond acceptors (Lipinski definition) is 6. The van der Waals surface area contributed by atoms with E-state index in [-0.39, 0.29) is 29.0 Å². The summed E-state index contributed by atoms with van der Waals surface area (Å²) in [6.07, 6.45) is 8.19. The molecule has 2 fully saturated rings. The van der Waals surface area contributed by atoms with Crippen molar-refractivity contribution in [1.82, 2.24) is 18.8 Å². The van der Waals surface area contributed by atoms with Crippen molar-refractivity contribution in [2.75, 3.05) is 18.8 Å². The minimum atomic E-state index is -3.80. The maximum absolute atomic E-state index is 13.5. The Hall–Kier alpha value is -1.71. The topological polar surface area (TPSA) is 103 Å². The molecule has 0 bridgehead atoms. The molecule has 2 aliphatic rings. The molecule has 148 valence electrons. The summed E-state index contributed by atoms with van der Waals surface area (Å²) in [5, 5.41) is 0. The molecule has 2 atom stereocenters. The van der Waals surface area contributed by atoms with Crippen molar-refractivity contribution in [3.63, 3.8) is 0 Å². The third kappa shape index (κ3) is 3.21. The molecule has 4 rings (SSSR count). The van der Waals surface area contributed by atoms with Gasteiger partial charge in [0.2, 0.25) is 10.0 Å². The molecule has 0 radical (unpaired) electrons. The van der Waals surface area contributed by atoms with Gasteiger partial charge in [0.25, 0.3) is 0 Å². The summed E-state index contributed by atoms with van der Waals surface area (Å²) in [7, 11) is -3.80. The van der Waals surface area contributed by atoms with E-state index < -0.39 is 10.0 Å². The average molecular weight is 394 g/mol. The first-order chi connectivity index (χ1) is 12.9. The maximum atomic E-state index is 13.5. The van der Waals surface area contributed by atoms with E-state index in [2.05, 4.69) is 9.97 Å². The average Bonchev–Trinajstić information content (AvgIpc) is 2.94. The van der Waals surface area contributed by atoms with E-state index in [0.717, 1.165) is 25.7 Å². The quantitative estimate of drug-likeness (QED) is 0.858. The number of aromatic nitrogens is 3. The number of anilines is 1. The van der Waals surface area contributed by atoms with E-state index >= 15 is 0 Å². The van der Waals surface area contributed by atoms with Crippen molar-refractivity contribution >= 4 is 27.0 Å². The molecule has 3 heterocycles. The van der Waals surface area contributed by atoms with Gasteiger partial charge >= 0.3 is 0 Å². The van der Waals surface area contributed by atoms with Crippen LogP contribution in [0.4, 0.5) is 5.82 Å². The molecular formula is C18H27N5O3S. The van der Waals surface area contributed by atoms with Gasteiger partial charge < -0.3 is 15.0 Å². The number of fused-ring (bicyclic) bond motifs is 1. The fourth-order valence-corrected chi connectivity index (χ4v) is 6.25. The number of nitrogens with zero attached hydrogens (tertiary/aromatic N) is 4. The second kappa shape index (κ2) is 7.03. The molecule has 1 aliphatic carbocycles. The largest absolute Gasteiger partial charge is 0.384 e. The number of nitrogens with two attached hydrogens (primary N) is 1. The summed E-state index contributed by atoms with van der Waals surface area (Å²) < 4.78 is 36.1. The van der Waals surface area contributed by atoms with Gasteiger partial charge in [-0.1, -0.05) is 19.3 Å². The van der Waals surface area contributed by atoms with Gasteiger partial charge in [0.1, 0.15) is 11.3 Å². The lowest BCUT2D eigenvalue weighted by atomic mass is 9.95. The van der Waals surface area contributed by atoms with E-state index in [4.69, 9.17) is 10.5 Å². The van der Waals surface area contributed by atoms with Crippen molar-refractivity contribution in [2.24, 2.45) is 0 Å². The lowest BCUT2D eigenvalue weighted by Gasteiger charge is -2.34. The monoisotopic (exact) mass is 393 g/mol. The molecular weight excluding hydrogens is 366 g/mol. The highest BCUT2D eigenvalue weighted by Gasteiger charge is 2.38. The van der Waals surface area contributed by atoms with Crippen LogP contribution in [0.25, 0.3) is 11.2 Å². The van der Waals surface area contributed by atoms with Crippen LogP contribution in [-0.2, 0) is 14.8 Å². The zero-order chi connectivity index (χ0) is 19.2. The highest BCUT2D eigenvalue weighted by molar-refractivity contribution is 7.89. The smallest absolute Gasteiger partial charge is 0.249 e. The fourth-order valence-electron chi connectivity index (χ4n) is 4.43. The summed E-state index contributed by atoms with van der Waals surface area (Å²) in [5.41, 5.74) is 7.39. The molecule has 0 amide bonds. The Balaban J connectivity index is 1.85. The van der Waals surface area contributed by atoms with Crippen molar-refractivity contribution in [3.05, 3.63) is 12.4 Å². The normalized spacial score (nSPS) is 25.9. The van der Waals surface area contributed by atoms with Crippen LogP contribution in [0.15, 0.2) is 17.3 Å². The van der Waals surface area contributed by atoms with Gasteiger partial charge in [-0.3, -0.25) is 0 Å². The van der Waals surface area contributed by atoms with Gasteiger partial charge in [-0.2, -0.15) is 4.31 Å². The minimum absolute atomic E-state index is 0.0949. The summed E-state index contributed by atoms with van der Waals surface area (Å²) in [6, 6.07) is 0.171. The third-order valence-electron chi connectivity index (χ3n) is 5.54. The second-order valence-corrected chi connectivity index (χ2v) is 9.56. The van der Waals surface area contributed by atoms with Crippen LogP contribution in [0.5, 0.6) is 0 Å². The van der Waals surface area contributed by atoms with Crippen LogP contribution in [0.3, 0.4) is 0 Å². The zero-order valence-electron chi connectivity index (χ0n) is 15.8. The fraction of sp³-hybridized carbons (Fsp3) is 0.667. The van der Waals surface area contributed by atoms with Crippen LogP contribution < -0.4 is 5.73 Å². The molecule has 2 N–H and O–H groups in total. The first-order valence-corrected chi connectivity index (χ1v) is 11.1. The molecule has 2 unspecified atom stereocenters. The van der Waals surface area contributed by atoms with Crippen molar-refractivity contribution in [1.29, 1.82) is 0 Å². The second-order valence-electron chi connectivity index (χ2n) is 7.68. The van der Waals surface area contributed by atoms with Crippen LogP contribution >= 0.6 is 0 Å². The highest BCUT2D eigenvalue weighted by Crippen LogP contribution is 2.39. The van der Waals surface area contributed by atoms with Crippen LogP contribution in [-0.4, -0.2) is 52.6 Å². The summed E-state index contributed by atoms with van der Waals surface area (Å²) >= 11 is 0. The first-order valence-electron chi connectivity index (χ1n) is 9.65. The van der Waals surface area contributed by atoms with E-state index in [1.54, 1.807) is 6.20 Å². The molecule has 9 heteroatoms. The van der Waals surface area contributed by atoms with E-state index in [0.29, 0.717) is 24.3 Å². The molecule has 1 saturated heterocycles. The molecule has 0 aromatic carbocycles. The van der Waals surface area contributed by atoms with Crippen molar-refractivity contribution in [3.8, 4) is 0 Å². The van der Waals surface area contributed by atoms with E-state index in [1.807, 2.05) is 18.4 Å². The van der Waals surface area contributed by atoms with Gasteiger partial charge in [0, 0.05) is 31.5 Å². The molecule has 0 spiro atoms. The SMILES string of the molecule is CC1CN(S(=O)(=O)c2c(N)n(C3CCCCC3)c3nccnc23)CC(C)O1. The standard InChI is InChI=1S/C18H27N5O3S/c1-12-10-22(11-13(2)26-12)27(24,25)16-15-18(21-9-8-20-15)23(17(16)19)14-6-4-3-5-7-14/h8-9,12-14H,3-7,10-11,19H2,1-2H3. The van der Waals surface area contributed by atoms with Gasteiger partial charge in [-0.15, -0.1) is 0 Å². The summed E-state index contributed by atoms with van der Waals surface area (Å²) in [5.74, 6) is 0.259. The molecule has 27 heavy (non-hydrogen) atoms. The van der Waals surface area contributed by atoms with E-state index in [9.17, 15) is 8.42 Å². The van der Waals surface area contributed by atoms with Gasteiger partial charge in [0.05, 0.1) is 12.2 Å². The Labute approximate surface area is 159 Å². The number of ether oxygens (including phenoxy) is 1. The predicted molar refractivity (Wildman–Crippen MR) is 103 cm³/mol. The lowest BCUT2D eigenvalue weighted by molar-refractivity contribution is -0.0440. The Bertz CT molecular complexity index is 926. The van der Waals surface area contributed by atoms with Crippen molar-refractivity contribution in [2.45, 2.75) is 69.1 Å². The number of hydrogen-bond donors (Lipinski definition) is 1. The lowest BCUT2D eigenvalue weighted by Crippen LogP contribution is -2.48. The summed E-state index contributed by atoms with van der Waals surface area (Å²) in [6.45, 7) is 4.38. The van der Waals surface area contributed by atoms with Crippen LogP contribution in [0.2, 0.25) is 0 Å². The number of morpholine rings is 1. The first kappa shape index (κ1) is 18.6. The molecule has 1 aliphatic heterocycles. The Kier molecular flexibility index (Phi) is 4.85. The zero-order valence-corrected chi connectivity index (χ0v) is 16.7. The molecule has 1 saturated carbocycles. The Morgan fingerprint density at radius 3 is 2.37 bits per heavy atom. The van der Waals surface area contributed by atoms with Gasteiger partial charge in [0.15, 0.2) is 10.5 Å². The Morgan fingerprint density at radius 1 is 1.07 bits per heavy atom. The van der Waals surface area contributed by atoms with E-state index in [1.165, 1.54) is 16.9 Å². The van der Waals surface area contributed by atoms with Crippen molar-refractivity contribution < 1.29 is 13.2 Å². The molecule has 8 nitrogen and oxygen atoms in total. The van der Waals surface area contributed by atoms with Gasteiger partial charge in [-0.25, -0.2) is 18.4 Å².